The second-order valence-corrected chi connectivity index (χ2v) is 7.78. The first kappa shape index (κ1) is 22.4. The van der Waals surface area contributed by atoms with Crippen LogP contribution in [0.4, 0.5) is 11.4 Å². The minimum atomic E-state index is -0.691. The molecular formula is C25H28N4O4. The van der Waals surface area contributed by atoms with Crippen molar-refractivity contribution < 1.29 is 18.7 Å². The number of nitrogens with one attached hydrogen (secondary N) is 2. The van der Waals surface area contributed by atoms with Gasteiger partial charge in [0.15, 0.2) is 0 Å². The largest absolute Gasteiger partial charge is 0.497 e. The van der Waals surface area contributed by atoms with E-state index < -0.39 is 11.8 Å². The Kier molecular flexibility index (Phi) is 7.26. The number of furan rings is 1. The Morgan fingerprint density at radius 2 is 1.67 bits per heavy atom. The number of hydrogen-bond acceptors (Lipinski definition) is 6. The van der Waals surface area contributed by atoms with Crippen molar-refractivity contribution in [2.75, 3.05) is 50.1 Å². The van der Waals surface area contributed by atoms with Gasteiger partial charge < -0.3 is 24.7 Å². The molecular weight excluding hydrogens is 420 g/mol. The smallest absolute Gasteiger partial charge is 0.313 e. The monoisotopic (exact) mass is 448 g/mol. The third-order valence-corrected chi connectivity index (χ3v) is 5.76. The van der Waals surface area contributed by atoms with Gasteiger partial charge in [-0.1, -0.05) is 18.2 Å². The number of piperazine rings is 1. The highest BCUT2D eigenvalue weighted by Gasteiger charge is 2.28. The van der Waals surface area contributed by atoms with Gasteiger partial charge in [0.25, 0.3) is 0 Å². The number of methoxy groups -OCH3 is 1. The van der Waals surface area contributed by atoms with Crippen LogP contribution in [-0.2, 0) is 9.59 Å². The van der Waals surface area contributed by atoms with Crippen LogP contribution in [-0.4, -0.2) is 56.5 Å². The zero-order chi connectivity index (χ0) is 23.0. The average molecular weight is 449 g/mol. The molecule has 1 aliphatic rings. The molecule has 0 radical (unpaired) electrons. The van der Waals surface area contributed by atoms with Gasteiger partial charge in [0.1, 0.15) is 11.5 Å². The molecule has 2 aromatic carbocycles. The molecule has 33 heavy (non-hydrogen) atoms. The minimum absolute atomic E-state index is 0.161. The van der Waals surface area contributed by atoms with E-state index >= 15 is 0 Å². The summed E-state index contributed by atoms with van der Waals surface area (Å²) in [4.78, 5) is 29.3. The highest BCUT2D eigenvalue weighted by molar-refractivity contribution is 6.39. The lowest BCUT2D eigenvalue weighted by Crippen LogP contribution is -2.50. The molecule has 0 spiro atoms. The predicted molar refractivity (Wildman–Crippen MR) is 126 cm³/mol. The minimum Gasteiger partial charge on any atom is -0.497 e. The summed E-state index contributed by atoms with van der Waals surface area (Å²) in [7, 11) is 1.66. The fourth-order valence-corrected chi connectivity index (χ4v) is 3.95. The van der Waals surface area contributed by atoms with Crippen LogP contribution in [0.1, 0.15) is 11.8 Å². The molecule has 1 aliphatic heterocycles. The molecule has 0 bridgehead atoms. The van der Waals surface area contributed by atoms with Gasteiger partial charge in [-0.3, -0.25) is 14.5 Å². The van der Waals surface area contributed by atoms with Crippen LogP contribution in [0.3, 0.4) is 0 Å². The van der Waals surface area contributed by atoms with Crippen molar-refractivity contribution in [2.45, 2.75) is 6.04 Å². The van der Waals surface area contributed by atoms with Gasteiger partial charge in [-0.25, -0.2) is 0 Å². The molecule has 0 saturated carbocycles. The van der Waals surface area contributed by atoms with Gasteiger partial charge in [0.05, 0.1) is 19.4 Å². The molecule has 4 rings (SSSR count). The number of ether oxygens (including phenoxy) is 1. The molecule has 8 heteroatoms. The Bertz CT molecular complexity index is 1030. The van der Waals surface area contributed by atoms with Crippen LogP contribution in [0.5, 0.6) is 5.75 Å². The third kappa shape index (κ3) is 5.72. The first-order chi connectivity index (χ1) is 16.1. The number of rotatable bonds is 7. The molecule has 1 fully saturated rings. The molecule has 8 nitrogen and oxygen atoms in total. The van der Waals surface area contributed by atoms with Crippen molar-refractivity contribution in [2.24, 2.45) is 0 Å². The Labute approximate surface area is 193 Å². The molecule has 2 N–H and O–H groups in total. The number of benzene rings is 2. The Hall–Kier alpha value is -3.78. The van der Waals surface area contributed by atoms with Crippen molar-refractivity contribution in [3.05, 3.63) is 78.8 Å². The molecule has 3 aromatic rings. The molecule has 2 heterocycles. The van der Waals surface area contributed by atoms with Gasteiger partial charge in [-0.15, -0.1) is 0 Å². The van der Waals surface area contributed by atoms with Crippen molar-refractivity contribution in [1.29, 1.82) is 0 Å². The van der Waals surface area contributed by atoms with Crippen LogP contribution in [0.25, 0.3) is 0 Å². The van der Waals surface area contributed by atoms with E-state index in [0.717, 1.165) is 43.4 Å². The Morgan fingerprint density at radius 3 is 2.30 bits per heavy atom. The highest BCUT2D eigenvalue weighted by atomic mass is 16.5. The number of para-hydroxylation sites is 1. The molecule has 1 aromatic heterocycles. The summed E-state index contributed by atoms with van der Waals surface area (Å²) in [5.74, 6) is 0.231. The number of hydrogen-bond donors (Lipinski definition) is 2. The number of anilines is 2. The first-order valence-electron chi connectivity index (χ1n) is 10.9. The van der Waals surface area contributed by atoms with Gasteiger partial charge >= 0.3 is 11.8 Å². The van der Waals surface area contributed by atoms with Gasteiger partial charge in [-0.05, 0) is 48.5 Å². The maximum absolute atomic E-state index is 12.4. The van der Waals surface area contributed by atoms with E-state index in [0.29, 0.717) is 5.69 Å². The second kappa shape index (κ2) is 10.7. The van der Waals surface area contributed by atoms with Gasteiger partial charge in [-0.2, -0.15) is 0 Å². The van der Waals surface area contributed by atoms with E-state index in [1.807, 2.05) is 30.3 Å². The normalized spacial score (nSPS) is 15.0. The van der Waals surface area contributed by atoms with Crippen molar-refractivity contribution in [3.8, 4) is 5.75 Å². The van der Waals surface area contributed by atoms with Crippen LogP contribution in [0, 0.1) is 0 Å². The van der Waals surface area contributed by atoms with Gasteiger partial charge in [0.2, 0.25) is 0 Å². The van der Waals surface area contributed by atoms with Crippen LogP contribution < -0.4 is 20.3 Å². The van der Waals surface area contributed by atoms with E-state index in [9.17, 15) is 9.59 Å². The quantitative estimate of drug-likeness (QED) is 0.541. The predicted octanol–water partition coefficient (Wildman–Crippen LogP) is 2.91. The van der Waals surface area contributed by atoms with Gasteiger partial charge in [0, 0.05) is 44.1 Å². The van der Waals surface area contributed by atoms with Crippen molar-refractivity contribution >= 4 is 23.2 Å². The molecule has 1 atom stereocenters. The SMILES string of the molecule is COc1ccc(N2CCN(C(CNC(=O)C(=O)Nc3ccccc3)c3ccco3)CC2)cc1. The maximum Gasteiger partial charge on any atom is 0.313 e. The molecule has 1 unspecified atom stereocenters. The lowest BCUT2D eigenvalue weighted by atomic mass is 10.1. The average Bonchev–Trinajstić information content (AvgIpc) is 3.40. The summed E-state index contributed by atoms with van der Waals surface area (Å²) >= 11 is 0. The lowest BCUT2D eigenvalue weighted by molar-refractivity contribution is -0.136. The fraction of sp³-hybridized carbons (Fsp3) is 0.280. The topological polar surface area (TPSA) is 87.0 Å². The van der Waals surface area contributed by atoms with Crippen molar-refractivity contribution in [1.82, 2.24) is 10.2 Å². The highest BCUT2D eigenvalue weighted by Crippen LogP contribution is 2.25. The van der Waals surface area contributed by atoms with E-state index in [1.165, 1.54) is 0 Å². The summed E-state index contributed by atoms with van der Waals surface area (Å²) in [6.45, 7) is 3.54. The van der Waals surface area contributed by atoms with E-state index in [1.54, 1.807) is 37.6 Å². The lowest BCUT2D eigenvalue weighted by Gasteiger charge is -2.39. The van der Waals surface area contributed by atoms with Crippen LogP contribution >= 0.6 is 0 Å². The maximum atomic E-state index is 12.4. The molecule has 172 valence electrons. The molecule has 1 saturated heterocycles. The number of nitrogens with zero attached hydrogens (tertiary/aromatic N) is 2. The Morgan fingerprint density at radius 1 is 0.939 bits per heavy atom. The summed E-state index contributed by atoms with van der Waals surface area (Å²) in [5.41, 5.74) is 1.73. The van der Waals surface area contributed by atoms with E-state index in [-0.39, 0.29) is 12.6 Å². The molecule has 0 aliphatic carbocycles. The third-order valence-electron chi connectivity index (χ3n) is 5.76. The van der Waals surface area contributed by atoms with Crippen LogP contribution in [0.2, 0.25) is 0 Å². The summed E-state index contributed by atoms with van der Waals surface area (Å²) in [5, 5.41) is 5.37. The zero-order valence-electron chi connectivity index (χ0n) is 18.6. The van der Waals surface area contributed by atoms with E-state index in [4.69, 9.17) is 9.15 Å². The molecule has 2 amide bonds. The fourth-order valence-electron chi connectivity index (χ4n) is 3.95. The number of amides is 2. The summed E-state index contributed by atoms with van der Waals surface area (Å²) in [6.07, 6.45) is 1.62. The van der Waals surface area contributed by atoms with Crippen molar-refractivity contribution in [3.63, 3.8) is 0 Å². The summed E-state index contributed by atoms with van der Waals surface area (Å²) < 4.78 is 10.9. The van der Waals surface area contributed by atoms with E-state index in [2.05, 4.69) is 32.6 Å². The van der Waals surface area contributed by atoms with Crippen LogP contribution in [0.15, 0.2) is 77.4 Å². The second-order valence-electron chi connectivity index (χ2n) is 7.78. The summed E-state index contributed by atoms with van der Waals surface area (Å²) in [6, 6.07) is 20.5. The standard InChI is InChI=1S/C25H28N4O4/c1-32-21-11-9-20(10-12-21)28-13-15-29(16-14-28)22(23-8-5-17-33-23)18-26-24(30)25(31)27-19-6-3-2-4-7-19/h2-12,17,22H,13-16,18H2,1H3,(H,26,30)(H,27,31). The Balaban J connectivity index is 1.35. The zero-order valence-corrected chi connectivity index (χ0v) is 18.6. The first-order valence-corrected chi connectivity index (χ1v) is 10.9. The number of carbonyl (C=O) groups is 2. The number of carbonyl (C=O) groups excluding carboxylic acids is 2.